The van der Waals surface area contributed by atoms with Crippen molar-refractivity contribution in [2.45, 2.75) is 78.6 Å². The first-order valence-corrected chi connectivity index (χ1v) is 22.6. The molecule has 0 atom stereocenters. The van der Waals surface area contributed by atoms with Crippen LogP contribution in [-0.4, -0.2) is 9.55 Å². The topological polar surface area (TPSA) is 33.5 Å². The molecule has 1 aliphatic heterocycles. The summed E-state index contributed by atoms with van der Waals surface area (Å²) in [5.41, 5.74) is 14.5. The van der Waals surface area contributed by atoms with Crippen molar-refractivity contribution in [3.63, 3.8) is 0 Å². The van der Waals surface area contributed by atoms with Crippen LogP contribution in [0.2, 0.25) is 0 Å². The number of hydrogen-bond donors (Lipinski definition) is 0. The Balaban J connectivity index is 0.00000548. The van der Waals surface area contributed by atoms with Crippen molar-refractivity contribution < 1.29 is 25.8 Å². The van der Waals surface area contributed by atoms with E-state index >= 15 is 0 Å². The Kier molecular flexibility index (Phi) is 11.6. The fourth-order valence-electron chi connectivity index (χ4n) is 8.99. The van der Waals surface area contributed by atoms with Gasteiger partial charge in [-0.2, -0.15) is 12.1 Å². The van der Waals surface area contributed by atoms with Gasteiger partial charge >= 0.3 is 0 Å². The summed E-state index contributed by atoms with van der Waals surface area (Å²) in [5, 5.41) is 2.22. The number of fused-ring (bicyclic) bond motifs is 4. The predicted molar refractivity (Wildman–Crippen MR) is 271 cm³/mol. The first-order chi connectivity index (χ1) is 31.1. The normalized spacial score (nSPS) is 13.0. The van der Waals surface area contributed by atoms with E-state index in [1.165, 1.54) is 33.4 Å². The van der Waals surface area contributed by atoms with Crippen LogP contribution >= 0.6 is 0 Å². The van der Waals surface area contributed by atoms with Crippen LogP contribution in [0.3, 0.4) is 0 Å². The van der Waals surface area contributed by atoms with Gasteiger partial charge in [0.15, 0.2) is 0 Å². The molecule has 5 nitrogen and oxygen atoms in total. The summed E-state index contributed by atoms with van der Waals surface area (Å²) in [4.78, 5) is 9.68. The molecule has 0 spiro atoms. The van der Waals surface area contributed by atoms with E-state index in [9.17, 15) is 0 Å². The van der Waals surface area contributed by atoms with Crippen molar-refractivity contribution in [2.75, 3.05) is 9.80 Å². The maximum atomic E-state index is 6.69. The standard InChI is InChI=1S/C60H55N4O.Pt/c1-58(2,3)43-22-17-21-41(31-43)51-38-61-57(37-52(51)60(7,8)9)64-53-26-14-13-25-49(53)50-30-29-48(36-56(50)64)65-47-24-18-23-45(35-47)62-39-63(55-28-16-15-27-54(55)62)46-33-42(40-19-11-10-12-20-40)32-44(34-46)59(4,5)6;/h10-34,37-39H,1-9H3;/q-3;. The first-order valence-electron chi connectivity index (χ1n) is 22.6. The molecular formula is C60H55N4OPt-3. The summed E-state index contributed by atoms with van der Waals surface area (Å²) >= 11 is 0. The van der Waals surface area contributed by atoms with Crippen LogP contribution in [0.1, 0.15) is 79.0 Å². The third kappa shape index (κ3) is 8.46. The van der Waals surface area contributed by atoms with E-state index in [-0.39, 0.29) is 37.3 Å². The molecule has 10 rings (SSSR count). The van der Waals surface area contributed by atoms with E-state index in [1.807, 2.05) is 18.2 Å². The number of rotatable bonds is 7. The molecule has 9 aromatic rings. The van der Waals surface area contributed by atoms with Crippen molar-refractivity contribution in [3.8, 4) is 39.6 Å². The maximum Gasteiger partial charge on any atom is 0.135 e. The largest absolute Gasteiger partial charge is 0.509 e. The number of hydrogen-bond acceptors (Lipinski definition) is 4. The molecule has 3 heterocycles. The summed E-state index contributed by atoms with van der Waals surface area (Å²) in [6.45, 7) is 22.6. The molecule has 0 saturated carbocycles. The van der Waals surface area contributed by atoms with Crippen molar-refractivity contribution in [3.05, 3.63) is 199 Å². The molecule has 1 aliphatic rings. The summed E-state index contributed by atoms with van der Waals surface area (Å²) < 4.78 is 8.91. The zero-order chi connectivity index (χ0) is 45.3. The van der Waals surface area contributed by atoms with Crippen molar-refractivity contribution in [1.82, 2.24) is 9.55 Å². The van der Waals surface area contributed by atoms with Gasteiger partial charge in [0.05, 0.1) is 0 Å². The van der Waals surface area contributed by atoms with Gasteiger partial charge in [-0.15, -0.1) is 48.1 Å². The van der Waals surface area contributed by atoms with Crippen LogP contribution in [0.5, 0.6) is 11.5 Å². The molecule has 0 amide bonds. The van der Waals surface area contributed by atoms with Gasteiger partial charge in [0.2, 0.25) is 0 Å². The van der Waals surface area contributed by atoms with Crippen LogP contribution in [0.15, 0.2) is 164 Å². The molecule has 0 bridgehead atoms. The van der Waals surface area contributed by atoms with Crippen LogP contribution in [0, 0.1) is 18.8 Å². The molecule has 0 saturated heterocycles. The molecule has 7 aromatic carbocycles. The molecule has 0 fully saturated rings. The third-order valence-corrected chi connectivity index (χ3v) is 12.6. The van der Waals surface area contributed by atoms with E-state index in [2.05, 4.69) is 241 Å². The Labute approximate surface area is 405 Å². The molecule has 0 aliphatic carbocycles. The smallest absolute Gasteiger partial charge is 0.135 e. The van der Waals surface area contributed by atoms with Crippen LogP contribution in [-0.2, 0) is 37.3 Å². The zero-order valence-electron chi connectivity index (χ0n) is 39.2. The van der Waals surface area contributed by atoms with Crippen molar-refractivity contribution in [1.29, 1.82) is 0 Å². The van der Waals surface area contributed by atoms with Gasteiger partial charge in [0, 0.05) is 66.9 Å². The number of para-hydroxylation sites is 3. The minimum absolute atomic E-state index is 0. The second kappa shape index (κ2) is 17.1. The molecule has 334 valence electrons. The summed E-state index contributed by atoms with van der Waals surface area (Å²) in [7, 11) is 0. The maximum absolute atomic E-state index is 6.69. The molecule has 0 unspecified atom stereocenters. The number of anilines is 4. The van der Waals surface area contributed by atoms with E-state index in [0.29, 0.717) is 11.5 Å². The second-order valence-electron chi connectivity index (χ2n) is 20.3. The van der Waals surface area contributed by atoms with Crippen LogP contribution < -0.4 is 14.5 Å². The van der Waals surface area contributed by atoms with Gasteiger partial charge in [0.1, 0.15) is 5.82 Å². The molecule has 2 aromatic heterocycles. The zero-order valence-corrected chi connectivity index (χ0v) is 41.5. The van der Waals surface area contributed by atoms with Gasteiger partial charge in [-0.05, 0) is 91.4 Å². The molecule has 66 heavy (non-hydrogen) atoms. The number of pyridine rings is 1. The van der Waals surface area contributed by atoms with Gasteiger partial charge < -0.3 is 19.1 Å². The number of nitrogens with zero attached hydrogens (tertiary/aromatic N) is 4. The first kappa shape index (κ1) is 44.8. The Hall–Kier alpha value is -6.42. The molecule has 0 radical (unpaired) electrons. The number of benzene rings is 7. The van der Waals surface area contributed by atoms with Gasteiger partial charge in [-0.1, -0.05) is 159 Å². The quantitative estimate of drug-likeness (QED) is 0.149. The van der Waals surface area contributed by atoms with Gasteiger partial charge in [-0.25, -0.2) is 4.98 Å². The van der Waals surface area contributed by atoms with Gasteiger partial charge in [-0.3, -0.25) is 0 Å². The van der Waals surface area contributed by atoms with E-state index < -0.39 is 0 Å². The second-order valence-corrected chi connectivity index (χ2v) is 20.3. The summed E-state index contributed by atoms with van der Waals surface area (Å²) in [6, 6.07) is 63.3. The SMILES string of the molecule is CC(C)(C)c1cccc(-c2cnc(-n3c4[c-]c(Oc5[c-]c(N6[CH-]N(c7cc(-c8ccccc8)cc(C(C)(C)C)c7)c7ccccc76)ccc5)ccc4c4ccccc43)cc2C(C)(C)C)c1.[Pt]. The number of aromatic nitrogens is 2. The fourth-order valence-corrected chi connectivity index (χ4v) is 8.99. The van der Waals surface area contributed by atoms with Gasteiger partial charge in [0.25, 0.3) is 0 Å². The Bertz CT molecular complexity index is 3240. The predicted octanol–water partition coefficient (Wildman–Crippen LogP) is 16.2. The van der Waals surface area contributed by atoms with Crippen LogP contribution in [0.25, 0.3) is 49.9 Å². The average molecular weight is 1040 g/mol. The third-order valence-electron chi connectivity index (χ3n) is 12.6. The van der Waals surface area contributed by atoms with Crippen molar-refractivity contribution in [2.24, 2.45) is 0 Å². The minimum atomic E-state index is -0.145. The van der Waals surface area contributed by atoms with Crippen molar-refractivity contribution >= 4 is 44.6 Å². The molecule has 0 N–H and O–H groups in total. The van der Waals surface area contributed by atoms with E-state index in [4.69, 9.17) is 9.72 Å². The average Bonchev–Trinajstić information content (AvgIpc) is 3.84. The molecule has 6 heteroatoms. The van der Waals surface area contributed by atoms with Crippen LogP contribution in [0.4, 0.5) is 22.7 Å². The summed E-state index contributed by atoms with van der Waals surface area (Å²) in [6.07, 6.45) is 2.05. The van der Waals surface area contributed by atoms with E-state index in [0.717, 1.165) is 55.9 Å². The Morgan fingerprint density at radius 3 is 1.91 bits per heavy atom. The Morgan fingerprint density at radius 1 is 0.515 bits per heavy atom. The summed E-state index contributed by atoms with van der Waals surface area (Å²) in [5.74, 6) is 2.04. The van der Waals surface area contributed by atoms with E-state index in [1.54, 1.807) is 0 Å². The monoisotopic (exact) mass is 1040 g/mol. The minimum Gasteiger partial charge on any atom is -0.509 e. The fraction of sp³-hybridized carbons (Fsp3) is 0.200. The number of ether oxygens (including phenoxy) is 1. The Morgan fingerprint density at radius 2 is 1.17 bits per heavy atom. The molecular weight excluding hydrogens is 988 g/mol.